The predicted molar refractivity (Wildman–Crippen MR) is 61.1 cm³/mol. The van der Waals surface area contributed by atoms with Crippen molar-refractivity contribution in [2.45, 2.75) is 0 Å². The molecule has 0 fully saturated rings. The maximum absolute atomic E-state index is 3.30. The summed E-state index contributed by atoms with van der Waals surface area (Å²) in [7, 11) is 1.94. The van der Waals surface area contributed by atoms with E-state index < -0.39 is 0 Å². The molecule has 0 amide bonds. The van der Waals surface area contributed by atoms with Gasteiger partial charge in [0.05, 0.1) is 0 Å². The van der Waals surface area contributed by atoms with E-state index in [0.29, 0.717) is 0 Å². The van der Waals surface area contributed by atoms with Crippen molar-refractivity contribution in [3.63, 3.8) is 0 Å². The number of rotatable bonds is 2. The van der Waals surface area contributed by atoms with Crippen LogP contribution in [0.5, 0.6) is 0 Å². The van der Waals surface area contributed by atoms with Crippen LogP contribution in [-0.4, -0.2) is 7.05 Å². The van der Waals surface area contributed by atoms with Crippen LogP contribution in [0, 0.1) is 0 Å². The molecule has 2 aromatic carbocycles. The van der Waals surface area contributed by atoms with Gasteiger partial charge in [0.15, 0.2) is 0 Å². The Morgan fingerprint density at radius 1 is 0.933 bits per heavy atom. The summed E-state index contributed by atoms with van der Waals surface area (Å²) in [4.78, 5) is 0. The molecule has 0 radical (unpaired) electrons. The van der Waals surface area contributed by atoms with E-state index in [4.69, 9.17) is 0 Å². The van der Waals surface area contributed by atoms with Crippen molar-refractivity contribution in [2.75, 3.05) is 12.4 Å². The summed E-state index contributed by atoms with van der Waals surface area (Å²) < 4.78 is 1.15. The van der Waals surface area contributed by atoms with Crippen LogP contribution in [0.3, 0.4) is 0 Å². The van der Waals surface area contributed by atoms with Gasteiger partial charge in [-0.25, -0.2) is 0 Å². The van der Waals surface area contributed by atoms with Crippen molar-refractivity contribution in [3.8, 4) is 11.1 Å². The first kappa shape index (κ1) is 10.4. The standard InChI is InChI=1S/C13H12N.Pd/c1-14-13-10-6-5-9-12(13)11-7-3-2-4-8-11;/h2-8,10,14H,1H3;. The van der Waals surface area contributed by atoms with Gasteiger partial charge in [-0.3, -0.25) is 0 Å². The molecular formula is C13H12NPd. The molecule has 0 heterocycles. The number of benzene rings is 2. The van der Waals surface area contributed by atoms with E-state index in [0.717, 1.165) is 9.72 Å². The van der Waals surface area contributed by atoms with Gasteiger partial charge >= 0.3 is 101 Å². The molecule has 1 N–H and O–H groups in total. The molecule has 79 valence electrons. The summed E-state index contributed by atoms with van der Waals surface area (Å²) in [6, 6.07) is 16.6. The van der Waals surface area contributed by atoms with Gasteiger partial charge in [-0.05, 0) is 0 Å². The first-order chi connectivity index (χ1) is 7.33. The minimum atomic E-state index is 1.14. The first-order valence-corrected chi connectivity index (χ1v) is 5.59. The Morgan fingerprint density at radius 2 is 1.67 bits per heavy atom. The van der Waals surface area contributed by atoms with Gasteiger partial charge in [-0.2, -0.15) is 0 Å². The summed E-state index contributed by atoms with van der Waals surface area (Å²) >= 11 is 3.30. The van der Waals surface area contributed by atoms with Crippen LogP contribution in [0.1, 0.15) is 0 Å². The maximum atomic E-state index is 3.30. The predicted octanol–water partition coefficient (Wildman–Crippen LogP) is 2.57. The third-order valence-electron chi connectivity index (χ3n) is 2.32. The zero-order valence-corrected chi connectivity index (χ0v) is 9.99. The molecule has 0 bridgehead atoms. The van der Waals surface area contributed by atoms with Crippen LogP contribution in [-0.2, 0) is 19.2 Å². The molecule has 2 aromatic rings. The topological polar surface area (TPSA) is 12.0 Å². The van der Waals surface area contributed by atoms with Crippen LogP contribution >= 0.6 is 0 Å². The Kier molecular flexibility index (Phi) is 3.21. The Morgan fingerprint density at radius 3 is 2.33 bits per heavy atom. The summed E-state index contributed by atoms with van der Waals surface area (Å²) in [6.07, 6.45) is 0. The van der Waals surface area contributed by atoms with Gasteiger partial charge < -0.3 is 0 Å². The molecule has 0 spiro atoms. The molecule has 2 heteroatoms. The summed E-state index contributed by atoms with van der Waals surface area (Å²) in [5.74, 6) is 0. The molecule has 0 aliphatic rings. The van der Waals surface area contributed by atoms with Crippen molar-refractivity contribution >= 4 is 9.72 Å². The quantitative estimate of drug-likeness (QED) is 0.838. The summed E-state index contributed by atoms with van der Waals surface area (Å²) in [5.41, 5.74) is 3.60. The fourth-order valence-corrected chi connectivity index (χ4v) is 2.19. The molecule has 0 aliphatic heterocycles. The summed E-state index contributed by atoms with van der Waals surface area (Å²) in [5, 5.41) is 3.21. The van der Waals surface area contributed by atoms with Crippen molar-refractivity contribution in [3.05, 3.63) is 48.5 Å². The van der Waals surface area contributed by atoms with Crippen LogP contribution in [0.15, 0.2) is 48.5 Å². The SMILES string of the molecule is CNc1ccc[c]([Pd])c1-c1ccccc1. The van der Waals surface area contributed by atoms with Gasteiger partial charge in [-0.15, -0.1) is 0 Å². The van der Waals surface area contributed by atoms with Gasteiger partial charge in [0.2, 0.25) is 0 Å². The third kappa shape index (κ3) is 2.12. The van der Waals surface area contributed by atoms with Crippen molar-refractivity contribution in [2.24, 2.45) is 0 Å². The minimum absolute atomic E-state index is 1.14. The third-order valence-corrected chi connectivity index (χ3v) is 2.97. The van der Waals surface area contributed by atoms with E-state index in [1.807, 2.05) is 19.2 Å². The van der Waals surface area contributed by atoms with E-state index in [2.05, 4.69) is 60.9 Å². The molecular weight excluding hydrogens is 277 g/mol. The van der Waals surface area contributed by atoms with Crippen molar-refractivity contribution in [1.82, 2.24) is 0 Å². The fraction of sp³-hybridized carbons (Fsp3) is 0.0769. The Hall–Kier alpha value is -1.10. The Labute approximate surface area is 101 Å². The van der Waals surface area contributed by atoms with Crippen LogP contribution < -0.4 is 9.35 Å². The summed E-state index contributed by atoms with van der Waals surface area (Å²) in [6.45, 7) is 0. The first-order valence-electron chi connectivity index (χ1n) is 4.81. The fourth-order valence-electron chi connectivity index (χ4n) is 1.61. The zero-order valence-electron chi connectivity index (χ0n) is 8.44. The second-order valence-electron chi connectivity index (χ2n) is 3.25. The Balaban J connectivity index is 2.61. The average molecular weight is 289 g/mol. The Bertz CT molecular complexity index is 451. The monoisotopic (exact) mass is 288 g/mol. The van der Waals surface area contributed by atoms with Crippen molar-refractivity contribution in [1.29, 1.82) is 0 Å². The van der Waals surface area contributed by atoms with Gasteiger partial charge in [-0.1, -0.05) is 0 Å². The molecule has 0 atom stereocenters. The number of hydrogen-bond acceptors (Lipinski definition) is 1. The molecule has 0 unspecified atom stereocenters. The van der Waals surface area contributed by atoms with E-state index >= 15 is 0 Å². The normalized spacial score (nSPS) is 10.1. The van der Waals surface area contributed by atoms with Crippen LogP contribution in [0.4, 0.5) is 5.69 Å². The van der Waals surface area contributed by atoms with Gasteiger partial charge in [0.1, 0.15) is 0 Å². The number of hydrogen-bond donors (Lipinski definition) is 1. The molecule has 0 saturated heterocycles. The zero-order chi connectivity index (χ0) is 10.7. The van der Waals surface area contributed by atoms with Crippen LogP contribution in [0.25, 0.3) is 11.1 Å². The molecule has 0 aliphatic carbocycles. The number of anilines is 1. The van der Waals surface area contributed by atoms with Gasteiger partial charge in [0.25, 0.3) is 0 Å². The second kappa shape index (κ2) is 4.61. The molecule has 15 heavy (non-hydrogen) atoms. The van der Waals surface area contributed by atoms with Crippen LogP contribution in [0.2, 0.25) is 0 Å². The molecule has 0 aromatic heterocycles. The van der Waals surface area contributed by atoms with Crippen molar-refractivity contribution < 1.29 is 19.2 Å². The average Bonchev–Trinajstić information content (AvgIpc) is 2.29. The van der Waals surface area contributed by atoms with E-state index in [-0.39, 0.29) is 0 Å². The molecule has 1 nitrogen and oxygen atoms in total. The van der Waals surface area contributed by atoms with Gasteiger partial charge in [0, 0.05) is 0 Å². The molecule has 0 saturated carbocycles. The second-order valence-corrected chi connectivity index (χ2v) is 4.08. The molecule has 2 rings (SSSR count). The van der Waals surface area contributed by atoms with E-state index in [9.17, 15) is 0 Å². The number of nitrogens with one attached hydrogen (secondary N) is 1. The van der Waals surface area contributed by atoms with E-state index in [1.165, 1.54) is 11.1 Å². The van der Waals surface area contributed by atoms with E-state index in [1.54, 1.807) is 0 Å².